The van der Waals surface area contributed by atoms with E-state index >= 15 is 0 Å². The number of hydrogen-bond acceptors (Lipinski definition) is 3. The van der Waals surface area contributed by atoms with E-state index in [1.165, 1.54) is 24.8 Å². The van der Waals surface area contributed by atoms with Crippen LogP contribution in [0.2, 0.25) is 0 Å². The highest BCUT2D eigenvalue weighted by Crippen LogP contribution is 2.42. The molecule has 1 aliphatic rings. The minimum Gasteiger partial charge on any atom is -0.493 e. The second kappa shape index (κ2) is 7.71. The SMILES string of the molecule is CCCOc1ccc(Br)cc1CNCC1(SC)CCC1. The Morgan fingerprint density at radius 3 is 2.80 bits per heavy atom. The van der Waals surface area contributed by atoms with Crippen LogP contribution in [0.4, 0.5) is 0 Å². The predicted octanol–water partition coefficient (Wildman–Crippen LogP) is 4.61. The fraction of sp³-hybridized carbons (Fsp3) is 0.625. The monoisotopic (exact) mass is 357 g/mol. The van der Waals surface area contributed by atoms with Crippen LogP contribution in [0.3, 0.4) is 0 Å². The first-order valence-corrected chi connectivity index (χ1v) is 9.38. The van der Waals surface area contributed by atoms with Crippen molar-refractivity contribution < 1.29 is 4.74 Å². The molecule has 0 unspecified atom stereocenters. The molecular weight excluding hydrogens is 334 g/mol. The molecule has 4 heteroatoms. The van der Waals surface area contributed by atoms with Gasteiger partial charge >= 0.3 is 0 Å². The number of halogens is 1. The van der Waals surface area contributed by atoms with Crippen LogP contribution in [0.15, 0.2) is 22.7 Å². The van der Waals surface area contributed by atoms with Crippen LogP contribution >= 0.6 is 27.7 Å². The van der Waals surface area contributed by atoms with E-state index in [4.69, 9.17) is 4.74 Å². The van der Waals surface area contributed by atoms with Gasteiger partial charge < -0.3 is 10.1 Å². The van der Waals surface area contributed by atoms with Gasteiger partial charge in [-0.15, -0.1) is 0 Å². The maximum Gasteiger partial charge on any atom is 0.123 e. The number of nitrogens with one attached hydrogen (secondary N) is 1. The molecule has 0 saturated heterocycles. The Morgan fingerprint density at radius 2 is 2.20 bits per heavy atom. The summed E-state index contributed by atoms with van der Waals surface area (Å²) in [5.41, 5.74) is 1.24. The molecule has 1 N–H and O–H groups in total. The summed E-state index contributed by atoms with van der Waals surface area (Å²) in [5, 5.41) is 3.62. The lowest BCUT2D eigenvalue weighted by molar-refractivity contribution is 0.311. The molecule has 112 valence electrons. The Kier molecular flexibility index (Phi) is 6.24. The number of ether oxygens (including phenoxy) is 1. The zero-order valence-electron chi connectivity index (χ0n) is 12.4. The number of thioether (sulfide) groups is 1. The highest BCUT2D eigenvalue weighted by Gasteiger charge is 2.35. The summed E-state index contributed by atoms with van der Waals surface area (Å²) in [7, 11) is 0. The summed E-state index contributed by atoms with van der Waals surface area (Å²) in [5.74, 6) is 1.01. The summed E-state index contributed by atoms with van der Waals surface area (Å²) in [6, 6.07) is 6.26. The molecule has 2 rings (SSSR count). The van der Waals surface area contributed by atoms with E-state index in [0.29, 0.717) is 4.75 Å². The lowest BCUT2D eigenvalue weighted by atomic mass is 9.84. The van der Waals surface area contributed by atoms with E-state index in [1.54, 1.807) is 0 Å². The molecule has 0 aliphatic heterocycles. The summed E-state index contributed by atoms with van der Waals surface area (Å²) in [6.07, 6.45) is 7.34. The smallest absolute Gasteiger partial charge is 0.123 e. The van der Waals surface area contributed by atoms with E-state index in [0.717, 1.165) is 36.3 Å². The number of benzene rings is 1. The van der Waals surface area contributed by atoms with Crippen LogP contribution in [0.1, 0.15) is 38.2 Å². The Morgan fingerprint density at radius 1 is 1.40 bits per heavy atom. The van der Waals surface area contributed by atoms with Gasteiger partial charge in [-0.1, -0.05) is 29.3 Å². The van der Waals surface area contributed by atoms with Crippen LogP contribution in [-0.4, -0.2) is 24.2 Å². The first kappa shape index (κ1) is 16.2. The van der Waals surface area contributed by atoms with Crippen molar-refractivity contribution in [3.8, 4) is 5.75 Å². The standard InChI is InChI=1S/C16H24BrNOS/c1-3-9-19-15-6-5-14(17)10-13(15)11-18-12-16(20-2)7-4-8-16/h5-6,10,18H,3-4,7-9,11-12H2,1-2H3. The molecule has 1 fully saturated rings. The van der Waals surface area contributed by atoms with Gasteiger partial charge in [-0.2, -0.15) is 11.8 Å². The van der Waals surface area contributed by atoms with Crippen molar-refractivity contribution in [3.63, 3.8) is 0 Å². The highest BCUT2D eigenvalue weighted by atomic mass is 79.9. The van der Waals surface area contributed by atoms with Gasteiger partial charge in [0, 0.05) is 27.9 Å². The summed E-state index contributed by atoms with van der Waals surface area (Å²) in [6.45, 7) is 4.88. The van der Waals surface area contributed by atoms with Crippen LogP contribution < -0.4 is 10.1 Å². The Bertz CT molecular complexity index is 429. The number of rotatable bonds is 8. The highest BCUT2D eigenvalue weighted by molar-refractivity contribution is 9.10. The third kappa shape index (κ3) is 4.15. The Labute approximate surface area is 135 Å². The van der Waals surface area contributed by atoms with Crippen molar-refractivity contribution in [1.82, 2.24) is 5.32 Å². The van der Waals surface area contributed by atoms with Crippen LogP contribution in [0, 0.1) is 0 Å². The molecule has 0 heterocycles. The molecule has 2 nitrogen and oxygen atoms in total. The van der Waals surface area contributed by atoms with Crippen molar-refractivity contribution in [2.24, 2.45) is 0 Å². The van der Waals surface area contributed by atoms with E-state index in [1.807, 2.05) is 17.8 Å². The van der Waals surface area contributed by atoms with Gasteiger partial charge in [-0.3, -0.25) is 0 Å². The molecule has 1 aromatic rings. The van der Waals surface area contributed by atoms with Crippen molar-refractivity contribution >= 4 is 27.7 Å². The molecule has 0 atom stereocenters. The van der Waals surface area contributed by atoms with Crippen LogP contribution in [0.5, 0.6) is 5.75 Å². The van der Waals surface area contributed by atoms with E-state index in [-0.39, 0.29) is 0 Å². The first-order chi connectivity index (χ1) is 9.69. The topological polar surface area (TPSA) is 21.3 Å². The summed E-state index contributed by atoms with van der Waals surface area (Å²) in [4.78, 5) is 0. The Balaban J connectivity index is 1.92. The molecule has 0 bridgehead atoms. The van der Waals surface area contributed by atoms with Gasteiger partial charge in [0.15, 0.2) is 0 Å². The second-order valence-electron chi connectivity index (χ2n) is 5.44. The zero-order valence-corrected chi connectivity index (χ0v) is 14.8. The van der Waals surface area contributed by atoms with Gasteiger partial charge in [0.05, 0.1) is 6.61 Å². The summed E-state index contributed by atoms with van der Waals surface area (Å²) < 4.78 is 7.42. The third-order valence-corrected chi connectivity index (χ3v) is 5.86. The maximum absolute atomic E-state index is 5.82. The van der Waals surface area contributed by atoms with Gasteiger partial charge in [-0.25, -0.2) is 0 Å². The van der Waals surface area contributed by atoms with Gasteiger partial charge in [0.1, 0.15) is 5.75 Å². The first-order valence-electron chi connectivity index (χ1n) is 7.36. The molecule has 0 radical (unpaired) electrons. The van der Waals surface area contributed by atoms with Crippen molar-refractivity contribution in [2.45, 2.75) is 43.9 Å². The maximum atomic E-state index is 5.82. The third-order valence-electron chi connectivity index (χ3n) is 3.94. The van der Waals surface area contributed by atoms with Gasteiger partial charge in [-0.05, 0) is 43.7 Å². The van der Waals surface area contributed by atoms with E-state index in [9.17, 15) is 0 Å². The molecule has 1 aromatic carbocycles. The predicted molar refractivity (Wildman–Crippen MR) is 91.7 cm³/mol. The molecule has 1 aliphatic carbocycles. The minimum absolute atomic E-state index is 0.483. The van der Waals surface area contributed by atoms with Crippen molar-refractivity contribution in [1.29, 1.82) is 0 Å². The fourth-order valence-corrected chi connectivity index (χ4v) is 3.84. The molecule has 1 saturated carbocycles. The molecule has 0 spiro atoms. The van der Waals surface area contributed by atoms with Gasteiger partial charge in [0.25, 0.3) is 0 Å². The molecule has 20 heavy (non-hydrogen) atoms. The lowest BCUT2D eigenvalue weighted by Crippen LogP contribution is -2.43. The normalized spacial score (nSPS) is 16.8. The quantitative estimate of drug-likeness (QED) is 0.733. The minimum atomic E-state index is 0.483. The van der Waals surface area contributed by atoms with Crippen LogP contribution in [0.25, 0.3) is 0 Å². The van der Waals surface area contributed by atoms with Crippen LogP contribution in [-0.2, 0) is 6.54 Å². The largest absolute Gasteiger partial charge is 0.493 e. The molecule has 0 aromatic heterocycles. The zero-order chi connectivity index (χ0) is 14.4. The summed E-state index contributed by atoms with van der Waals surface area (Å²) >= 11 is 5.56. The molecule has 0 amide bonds. The lowest BCUT2D eigenvalue weighted by Gasteiger charge is -2.40. The van der Waals surface area contributed by atoms with Gasteiger partial charge in [0.2, 0.25) is 0 Å². The van der Waals surface area contributed by atoms with Crippen molar-refractivity contribution in [3.05, 3.63) is 28.2 Å². The van der Waals surface area contributed by atoms with Crippen molar-refractivity contribution in [2.75, 3.05) is 19.4 Å². The fourth-order valence-electron chi connectivity index (χ4n) is 2.49. The number of hydrogen-bond donors (Lipinski definition) is 1. The molecular formula is C16H24BrNOS. The Hall–Kier alpha value is -0.190. The van der Waals surface area contributed by atoms with E-state index in [2.05, 4.69) is 46.6 Å². The second-order valence-corrected chi connectivity index (χ2v) is 7.63. The van der Waals surface area contributed by atoms with E-state index < -0.39 is 0 Å². The average molecular weight is 358 g/mol. The average Bonchev–Trinajstić information content (AvgIpc) is 2.41.